The summed E-state index contributed by atoms with van der Waals surface area (Å²) in [6, 6.07) is 0. The molecular weight excluding hydrogens is 236 g/mol. The summed E-state index contributed by atoms with van der Waals surface area (Å²) in [4.78, 5) is 0. The molecule has 2 aliphatic carbocycles. The average Bonchev–Trinajstić information content (AvgIpc) is 2.74. The van der Waals surface area contributed by atoms with E-state index >= 15 is 0 Å². The van der Waals surface area contributed by atoms with Gasteiger partial charge in [0, 0.05) is 18.6 Å². The lowest BCUT2D eigenvalue weighted by molar-refractivity contribution is -0.115. The lowest BCUT2D eigenvalue weighted by Crippen LogP contribution is -2.52. The van der Waals surface area contributed by atoms with E-state index in [9.17, 15) is 5.11 Å². The van der Waals surface area contributed by atoms with Crippen LogP contribution in [0.2, 0.25) is 0 Å². The van der Waals surface area contributed by atoms with Crippen molar-refractivity contribution >= 4 is 0 Å². The van der Waals surface area contributed by atoms with Crippen LogP contribution in [0.1, 0.15) is 52.9 Å². The molecule has 1 saturated carbocycles. The molecule has 0 aromatic carbocycles. The number of allylic oxidation sites excluding steroid dienone is 1. The van der Waals surface area contributed by atoms with Gasteiger partial charge < -0.3 is 9.84 Å². The number of hydrogen-bond donors (Lipinski definition) is 1. The number of ether oxygens (including phenoxy) is 1. The van der Waals surface area contributed by atoms with Crippen molar-refractivity contribution in [3.8, 4) is 0 Å². The van der Waals surface area contributed by atoms with E-state index < -0.39 is 5.60 Å². The molecule has 1 saturated heterocycles. The van der Waals surface area contributed by atoms with E-state index in [0.29, 0.717) is 17.3 Å². The van der Waals surface area contributed by atoms with Crippen molar-refractivity contribution in [3.63, 3.8) is 0 Å². The first-order valence-electron chi connectivity index (χ1n) is 7.82. The Bertz CT molecular complexity index is 387. The van der Waals surface area contributed by atoms with Gasteiger partial charge in [-0.05, 0) is 49.4 Å². The van der Waals surface area contributed by atoms with E-state index in [4.69, 9.17) is 4.74 Å². The van der Waals surface area contributed by atoms with Gasteiger partial charge >= 0.3 is 0 Å². The molecule has 3 aliphatic rings. The molecule has 2 heteroatoms. The molecule has 108 valence electrons. The summed E-state index contributed by atoms with van der Waals surface area (Å²) in [7, 11) is 0. The fourth-order valence-electron chi connectivity index (χ4n) is 4.75. The molecule has 3 rings (SSSR count). The topological polar surface area (TPSA) is 29.5 Å². The molecule has 1 heterocycles. The Kier molecular flexibility index (Phi) is 3.10. The van der Waals surface area contributed by atoms with E-state index in [1.54, 1.807) is 0 Å². The van der Waals surface area contributed by atoms with E-state index in [0.717, 1.165) is 45.3 Å². The molecule has 1 unspecified atom stereocenters. The highest BCUT2D eigenvalue weighted by molar-refractivity contribution is 5.16. The smallest absolute Gasteiger partial charge is 0.0739 e. The normalized spacial score (nSPS) is 49.1. The van der Waals surface area contributed by atoms with Crippen LogP contribution in [0.25, 0.3) is 0 Å². The third-order valence-electron chi connectivity index (χ3n) is 5.92. The van der Waals surface area contributed by atoms with E-state index in [1.807, 2.05) is 0 Å². The molecule has 0 amide bonds. The first-order valence-corrected chi connectivity index (χ1v) is 7.82. The van der Waals surface area contributed by atoms with Gasteiger partial charge in [-0.2, -0.15) is 0 Å². The Labute approximate surface area is 117 Å². The first-order chi connectivity index (χ1) is 8.84. The van der Waals surface area contributed by atoms with Crippen LogP contribution < -0.4 is 0 Å². The van der Waals surface area contributed by atoms with E-state index in [2.05, 4.69) is 32.9 Å². The van der Waals surface area contributed by atoms with Gasteiger partial charge in [0.05, 0.1) is 5.60 Å². The standard InChI is InChI=1S/C17H28O2/c1-15(2)6-4-7-16(3,12-15)17(18)8-5-13-10-19-11-14(13)9-17/h4,7,13-14,18H,5-6,8-12H2,1-3H3/t13-,14+,16?,17+/m0/s1. The predicted molar refractivity (Wildman–Crippen MR) is 76.9 cm³/mol. The average molecular weight is 264 g/mol. The Morgan fingerprint density at radius 2 is 1.89 bits per heavy atom. The molecule has 0 spiro atoms. The molecule has 0 aromatic rings. The number of rotatable bonds is 1. The van der Waals surface area contributed by atoms with Crippen LogP contribution in [-0.4, -0.2) is 23.9 Å². The van der Waals surface area contributed by atoms with Gasteiger partial charge in [-0.25, -0.2) is 0 Å². The molecule has 0 aromatic heterocycles. The second-order valence-electron chi connectivity index (χ2n) is 8.20. The zero-order valence-corrected chi connectivity index (χ0v) is 12.6. The summed E-state index contributed by atoms with van der Waals surface area (Å²) >= 11 is 0. The highest BCUT2D eigenvalue weighted by Gasteiger charge is 2.53. The molecule has 19 heavy (non-hydrogen) atoms. The van der Waals surface area contributed by atoms with Crippen LogP contribution in [0.3, 0.4) is 0 Å². The maximum absolute atomic E-state index is 11.3. The third kappa shape index (κ3) is 2.27. The maximum atomic E-state index is 11.3. The Balaban J connectivity index is 1.83. The molecule has 4 atom stereocenters. The summed E-state index contributed by atoms with van der Waals surface area (Å²) in [5.74, 6) is 1.28. The molecule has 2 nitrogen and oxygen atoms in total. The molecule has 0 radical (unpaired) electrons. The lowest BCUT2D eigenvalue weighted by Gasteiger charge is -2.52. The molecule has 0 bridgehead atoms. The molecule has 1 aliphatic heterocycles. The summed E-state index contributed by atoms with van der Waals surface area (Å²) in [6.07, 6.45) is 9.81. The van der Waals surface area contributed by atoms with Gasteiger partial charge in [0.1, 0.15) is 0 Å². The number of fused-ring (bicyclic) bond motifs is 1. The lowest BCUT2D eigenvalue weighted by atomic mass is 9.55. The van der Waals surface area contributed by atoms with E-state index in [1.165, 1.54) is 0 Å². The number of aliphatic hydroxyl groups is 1. The third-order valence-corrected chi connectivity index (χ3v) is 5.92. The van der Waals surface area contributed by atoms with Crippen molar-refractivity contribution in [1.82, 2.24) is 0 Å². The first kappa shape index (κ1) is 13.6. The molecule has 2 fully saturated rings. The van der Waals surface area contributed by atoms with Gasteiger partial charge in [-0.15, -0.1) is 0 Å². The van der Waals surface area contributed by atoms with Crippen LogP contribution in [0, 0.1) is 22.7 Å². The van der Waals surface area contributed by atoms with Gasteiger partial charge in [0.25, 0.3) is 0 Å². The monoisotopic (exact) mass is 264 g/mol. The zero-order chi connectivity index (χ0) is 13.7. The summed E-state index contributed by atoms with van der Waals surface area (Å²) in [5, 5.41) is 11.3. The van der Waals surface area contributed by atoms with Crippen LogP contribution in [-0.2, 0) is 4.74 Å². The molecule has 1 N–H and O–H groups in total. The fraction of sp³-hybridized carbons (Fsp3) is 0.882. The highest BCUT2D eigenvalue weighted by atomic mass is 16.5. The van der Waals surface area contributed by atoms with Gasteiger partial charge in [-0.1, -0.05) is 32.9 Å². The van der Waals surface area contributed by atoms with Crippen molar-refractivity contribution in [3.05, 3.63) is 12.2 Å². The van der Waals surface area contributed by atoms with Gasteiger partial charge in [-0.3, -0.25) is 0 Å². The quantitative estimate of drug-likeness (QED) is 0.734. The van der Waals surface area contributed by atoms with Crippen molar-refractivity contribution in [2.24, 2.45) is 22.7 Å². The van der Waals surface area contributed by atoms with Crippen LogP contribution in [0.15, 0.2) is 12.2 Å². The van der Waals surface area contributed by atoms with Gasteiger partial charge in [0.2, 0.25) is 0 Å². The maximum Gasteiger partial charge on any atom is 0.0739 e. The van der Waals surface area contributed by atoms with Crippen molar-refractivity contribution < 1.29 is 9.84 Å². The minimum absolute atomic E-state index is 0.0672. The second-order valence-corrected chi connectivity index (χ2v) is 8.20. The van der Waals surface area contributed by atoms with Crippen molar-refractivity contribution in [2.45, 2.75) is 58.5 Å². The van der Waals surface area contributed by atoms with E-state index in [-0.39, 0.29) is 5.41 Å². The van der Waals surface area contributed by atoms with Gasteiger partial charge in [0.15, 0.2) is 0 Å². The minimum atomic E-state index is -0.532. The highest BCUT2D eigenvalue weighted by Crippen LogP contribution is 2.55. The fourth-order valence-corrected chi connectivity index (χ4v) is 4.75. The summed E-state index contributed by atoms with van der Waals surface area (Å²) in [5.41, 5.74) is -0.291. The second kappa shape index (κ2) is 4.33. The van der Waals surface area contributed by atoms with Crippen molar-refractivity contribution in [2.75, 3.05) is 13.2 Å². The Morgan fingerprint density at radius 1 is 1.16 bits per heavy atom. The Morgan fingerprint density at radius 3 is 2.63 bits per heavy atom. The van der Waals surface area contributed by atoms with Crippen LogP contribution >= 0.6 is 0 Å². The summed E-state index contributed by atoms with van der Waals surface area (Å²) < 4.78 is 5.62. The number of hydrogen-bond acceptors (Lipinski definition) is 2. The SMILES string of the molecule is CC1(C)CC=CC(C)([C@@]2(O)CC[C@H]3COC[C@H]3C2)C1. The Hall–Kier alpha value is -0.340. The van der Waals surface area contributed by atoms with Crippen LogP contribution in [0.4, 0.5) is 0 Å². The largest absolute Gasteiger partial charge is 0.389 e. The predicted octanol–water partition coefficient (Wildman–Crippen LogP) is 3.55. The summed E-state index contributed by atoms with van der Waals surface area (Å²) in [6.45, 7) is 8.68. The van der Waals surface area contributed by atoms with Crippen molar-refractivity contribution in [1.29, 1.82) is 0 Å². The minimum Gasteiger partial charge on any atom is -0.389 e. The van der Waals surface area contributed by atoms with Crippen LogP contribution in [0.5, 0.6) is 0 Å². The molecular formula is C17H28O2. The zero-order valence-electron chi connectivity index (χ0n) is 12.6.